The largest absolute Gasteiger partial charge is 0.464 e. The Labute approximate surface area is 223 Å². The highest BCUT2D eigenvalue weighted by atomic mass is 32.2. The number of alkyl halides is 3. The van der Waals surface area contributed by atoms with Crippen LogP contribution in [0.1, 0.15) is 19.4 Å². The molecule has 3 rings (SSSR count). The quantitative estimate of drug-likeness (QED) is 0.189. The van der Waals surface area contributed by atoms with Crippen molar-refractivity contribution in [1.82, 2.24) is 4.90 Å². The van der Waals surface area contributed by atoms with E-state index in [4.69, 9.17) is 14.2 Å². The van der Waals surface area contributed by atoms with Gasteiger partial charge in [0, 0.05) is 17.2 Å². The van der Waals surface area contributed by atoms with Crippen LogP contribution in [0.25, 0.3) is 0 Å². The van der Waals surface area contributed by atoms with Gasteiger partial charge in [0.1, 0.15) is 18.1 Å². The van der Waals surface area contributed by atoms with Crippen LogP contribution in [-0.2, 0) is 20.9 Å². The lowest BCUT2D eigenvalue weighted by molar-refractivity contribution is -0.229. The van der Waals surface area contributed by atoms with Gasteiger partial charge in [-0.1, -0.05) is 48.5 Å². The van der Waals surface area contributed by atoms with E-state index in [1.54, 1.807) is 66.7 Å². The highest BCUT2D eigenvalue weighted by molar-refractivity contribution is 7.99. The lowest BCUT2D eigenvalue weighted by Gasteiger charge is -2.41. The number of hydrogen-bond acceptors (Lipinski definition) is 6. The summed E-state index contributed by atoms with van der Waals surface area (Å²) in [5, 5.41) is 0. The molecular weight excluding hydrogens is 519 g/mol. The fourth-order valence-corrected chi connectivity index (χ4v) is 4.76. The molecule has 3 aromatic rings. The van der Waals surface area contributed by atoms with Crippen molar-refractivity contribution in [1.29, 1.82) is 0 Å². The first-order valence-electron chi connectivity index (χ1n) is 11.9. The molecule has 1 amide bonds. The third-order valence-corrected chi connectivity index (χ3v) is 6.70. The summed E-state index contributed by atoms with van der Waals surface area (Å²) in [6.45, 7) is 1.79. The van der Waals surface area contributed by atoms with Crippen molar-refractivity contribution in [3.63, 3.8) is 0 Å². The van der Waals surface area contributed by atoms with E-state index in [-0.39, 0.29) is 13.2 Å². The molecule has 0 aliphatic heterocycles. The average Bonchev–Trinajstić information content (AvgIpc) is 2.91. The van der Waals surface area contributed by atoms with Gasteiger partial charge in [0.05, 0.1) is 6.61 Å². The van der Waals surface area contributed by atoms with Gasteiger partial charge in [0.25, 0.3) is 0 Å². The fourth-order valence-electron chi connectivity index (χ4n) is 3.62. The van der Waals surface area contributed by atoms with Crippen molar-refractivity contribution in [3.05, 3.63) is 90.5 Å². The van der Waals surface area contributed by atoms with Crippen LogP contribution >= 0.6 is 11.8 Å². The molecular formula is C28H28F3NO5S. The maximum absolute atomic E-state index is 14.7. The van der Waals surface area contributed by atoms with Crippen molar-refractivity contribution >= 4 is 23.8 Å². The Morgan fingerprint density at radius 1 is 0.816 bits per heavy atom. The molecule has 1 atom stereocenters. The van der Waals surface area contributed by atoms with Crippen LogP contribution in [0.15, 0.2) is 89.8 Å². The number of carbonyl (C=O) groups excluding carboxylic acids is 2. The molecule has 0 spiro atoms. The third kappa shape index (κ3) is 7.00. The zero-order chi connectivity index (χ0) is 27.6. The summed E-state index contributed by atoms with van der Waals surface area (Å²) in [5.41, 5.74) is -2.67. The molecule has 0 aromatic heterocycles. The Hall–Kier alpha value is -3.66. The predicted molar refractivity (Wildman–Crippen MR) is 138 cm³/mol. The van der Waals surface area contributed by atoms with E-state index in [0.717, 1.165) is 11.8 Å². The summed E-state index contributed by atoms with van der Waals surface area (Å²) in [6.07, 6.45) is -6.42. The molecule has 0 saturated heterocycles. The molecule has 0 fully saturated rings. The molecule has 0 radical (unpaired) electrons. The number of halogens is 3. The normalized spacial score (nSPS) is 12.8. The maximum atomic E-state index is 14.7. The molecule has 0 aliphatic carbocycles. The van der Waals surface area contributed by atoms with Gasteiger partial charge in [-0.25, -0.2) is 9.59 Å². The van der Waals surface area contributed by atoms with Gasteiger partial charge in [0.2, 0.25) is 5.54 Å². The Morgan fingerprint density at radius 2 is 1.39 bits per heavy atom. The van der Waals surface area contributed by atoms with E-state index in [0.29, 0.717) is 26.9 Å². The first-order chi connectivity index (χ1) is 18.2. The zero-order valence-corrected chi connectivity index (χ0v) is 21.8. The number of ether oxygens (including phenoxy) is 3. The molecule has 202 valence electrons. The van der Waals surface area contributed by atoms with Gasteiger partial charge < -0.3 is 14.2 Å². The van der Waals surface area contributed by atoms with Gasteiger partial charge in [-0.05, 0) is 55.8 Å². The van der Waals surface area contributed by atoms with Crippen LogP contribution in [0.2, 0.25) is 0 Å². The standard InChI is InChI=1S/C28H28F3NO5S/c1-3-32(26(34)36-19-21-11-7-5-8-12-21)27(28(29,30)31,25(33)35-4-2)20-38-24-17-15-23(16-18-24)37-22-13-9-6-10-14-22/h5-18H,3-4,19-20H2,1-2H3. The molecule has 6 nitrogen and oxygen atoms in total. The van der Waals surface area contributed by atoms with Gasteiger partial charge in [-0.15, -0.1) is 11.8 Å². The second kappa shape index (κ2) is 13.2. The van der Waals surface area contributed by atoms with Gasteiger partial charge in [0.15, 0.2) is 0 Å². The first-order valence-corrected chi connectivity index (χ1v) is 12.9. The third-order valence-electron chi connectivity index (χ3n) is 5.53. The lowest BCUT2D eigenvalue weighted by Crippen LogP contribution is -2.67. The number of thioether (sulfide) groups is 1. The van der Waals surface area contributed by atoms with Crippen LogP contribution in [-0.4, -0.2) is 47.6 Å². The smallest absolute Gasteiger partial charge is 0.423 e. The number of para-hydroxylation sites is 1. The monoisotopic (exact) mass is 547 g/mol. The van der Waals surface area contributed by atoms with Crippen molar-refractivity contribution < 1.29 is 37.0 Å². The average molecular weight is 548 g/mol. The summed E-state index contributed by atoms with van der Waals surface area (Å²) in [5.74, 6) is -1.29. The number of rotatable bonds is 11. The molecule has 10 heteroatoms. The minimum atomic E-state index is -5.15. The molecule has 0 heterocycles. The number of carbonyl (C=O) groups is 2. The minimum absolute atomic E-state index is 0.247. The SMILES string of the molecule is CCOC(=O)C(CSc1ccc(Oc2ccccc2)cc1)(N(CC)C(=O)OCc1ccccc1)C(F)(F)F. The molecule has 1 unspecified atom stereocenters. The second-order valence-corrected chi connectivity index (χ2v) is 9.09. The minimum Gasteiger partial charge on any atom is -0.464 e. The first kappa shape index (κ1) is 28.9. The number of esters is 1. The van der Waals surface area contributed by atoms with Gasteiger partial charge in [-0.3, -0.25) is 4.90 Å². The van der Waals surface area contributed by atoms with E-state index in [1.807, 2.05) is 18.2 Å². The number of benzene rings is 3. The second-order valence-electron chi connectivity index (χ2n) is 8.04. The predicted octanol–water partition coefficient (Wildman–Crippen LogP) is 7.09. The number of amides is 1. The van der Waals surface area contributed by atoms with E-state index in [1.165, 1.54) is 13.8 Å². The zero-order valence-electron chi connectivity index (χ0n) is 20.9. The van der Waals surface area contributed by atoms with Crippen LogP contribution in [0.5, 0.6) is 11.5 Å². The Morgan fingerprint density at radius 3 is 1.95 bits per heavy atom. The summed E-state index contributed by atoms with van der Waals surface area (Å²) < 4.78 is 60.0. The van der Waals surface area contributed by atoms with Gasteiger partial charge >= 0.3 is 18.2 Å². The molecule has 0 bridgehead atoms. The lowest BCUT2D eigenvalue weighted by atomic mass is 9.99. The van der Waals surface area contributed by atoms with Crippen molar-refractivity contribution in [2.24, 2.45) is 0 Å². The Balaban J connectivity index is 1.84. The van der Waals surface area contributed by atoms with Crippen molar-refractivity contribution in [2.45, 2.75) is 37.1 Å². The Bertz CT molecular complexity index is 1180. The fraction of sp³-hybridized carbons (Fsp3) is 0.286. The summed E-state index contributed by atoms with van der Waals surface area (Å²) in [7, 11) is 0. The Kier molecular flexibility index (Phi) is 10.1. The highest BCUT2D eigenvalue weighted by Crippen LogP contribution is 2.41. The molecule has 3 aromatic carbocycles. The van der Waals surface area contributed by atoms with E-state index in [2.05, 4.69) is 0 Å². The van der Waals surface area contributed by atoms with E-state index >= 15 is 0 Å². The van der Waals surface area contributed by atoms with Gasteiger partial charge in [-0.2, -0.15) is 13.2 Å². The topological polar surface area (TPSA) is 65.1 Å². The van der Waals surface area contributed by atoms with E-state index in [9.17, 15) is 22.8 Å². The molecule has 0 saturated carbocycles. The van der Waals surface area contributed by atoms with Crippen LogP contribution in [0, 0.1) is 0 Å². The number of nitrogens with zero attached hydrogens (tertiary/aromatic N) is 1. The summed E-state index contributed by atoms with van der Waals surface area (Å²) >= 11 is 0.773. The molecule has 0 aliphatic rings. The van der Waals surface area contributed by atoms with Crippen molar-refractivity contribution in [3.8, 4) is 11.5 Å². The summed E-state index contributed by atoms with van der Waals surface area (Å²) in [4.78, 5) is 26.7. The van der Waals surface area contributed by atoms with Crippen LogP contribution < -0.4 is 4.74 Å². The maximum Gasteiger partial charge on any atom is 0.423 e. The van der Waals surface area contributed by atoms with Crippen LogP contribution in [0.4, 0.5) is 18.0 Å². The van der Waals surface area contributed by atoms with E-state index < -0.39 is 36.1 Å². The van der Waals surface area contributed by atoms with Crippen LogP contribution in [0.3, 0.4) is 0 Å². The summed E-state index contributed by atoms with van der Waals surface area (Å²) in [6, 6.07) is 24.0. The molecule has 38 heavy (non-hydrogen) atoms. The van der Waals surface area contributed by atoms with Crippen molar-refractivity contribution in [2.75, 3.05) is 18.9 Å². The molecule has 0 N–H and O–H groups in total. The highest BCUT2D eigenvalue weighted by Gasteiger charge is 2.66. The number of hydrogen-bond donors (Lipinski definition) is 0. The number of likely N-dealkylation sites (N-methyl/N-ethyl adjacent to an activating group) is 1.